The van der Waals surface area contributed by atoms with Crippen LogP contribution in [0, 0.1) is 11.2 Å². The fourth-order valence-electron chi connectivity index (χ4n) is 1.94. The van der Waals surface area contributed by atoms with Gasteiger partial charge in [-0.1, -0.05) is 12.1 Å². The monoisotopic (exact) mass is 290 g/mol. The Kier molecular flexibility index (Phi) is 3.09. The molecule has 15 heavy (non-hydrogen) atoms. The topological polar surface area (TPSA) is 0 Å². The SMILES string of the molecule is CC(Cl)C1(Cc2cccc(F)c2Br)CC1. The van der Waals surface area contributed by atoms with Gasteiger partial charge in [0.15, 0.2) is 0 Å². The van der Waals surface area contributed by atoms with Gasteiger partial charge in [-0.05, 0) is 59.2 Å². The van der Waals surface area contributed by atoms with Crippen LogP contribution < -0.4 is 0 Å². The van der Waals surface area contributed by atoms with Crippen LogP contribution >= 0.6 is 27.5 Å². The fourth-order valence-corrected chi connectivity index (χ4v) is 2.64. The second kappa shape index (κ2) is 4.06. The summed E-state index contributed by atoms with van der Waals surface area (Å²) in [6.45, 7) is 2.03. The first-order valence-corrected chi connectivity index (χ1v) is 6.35. The maximum atomic E-state index is 13.3. The second-order valence-corrected chi connectivity index (χ2v) is 5.82. The minimum Gasteiger partial charge on any atom is -0.206 e. The third-order valence-corrected chi connectivity index (χ3v) is 4.66. The van der Waals surface area contributed by atoms with Crippen molar-refractivity contribution in [3.8, 4) is 0 Å². The van der Waals surface area contributed by atoms with Gasteiger partial charge in [-0.15, -0.1) is 11.6 Å². The van der Waals surface area contributed by atoms with Gasteiger partial charge in [0, 0.05) is 5.38 Å². The normalized spacial score (nSPS) is 20.0. The average Bonchev–Trinajstić information content (AvgIpc) is 2.94. The second-order valence-electron chi connectivity index (χ2n) is 4.37. The van der Waals surface area contributed by atoms with E-state index in [1.54, 1.807) is 6.07 Å². The van der Waals surface area contributed by atoms with E-state index in [0.717, 1.165) is 24.8 Å². The van der Waals surface area contributed by atoms with Crippen LogP contribution in [-0.2, 0) is 6.42 Å². The molecule has 0 aliphatic heterocycles. The number of alkyl halides is 1. The summed E-state index contributed by atoms with van der Waals surface area (Å²) in [4.78, 5) is 0. The summed E-state index contributed by atoms with van der Waals surface area (Å²) >= 11 is 9.46. The minimum absolute atomic E-state index is 0.160. The van der Waals surface area contributed by atoms with Crippen molar-refractivity contribution in [1.29, 1.82) is 0 Å². The Balaban J connectivity index is 2.22. The molecule has 0 nitrogen and oxygen atoms in total. The zero-order valence-corrected chi connectivity index (χ0v) is 10.9. The summed E-state index contributed by atoms with van der Waals surface area (Å²) in [7, 11) is 0. The number of halogens is 3. The summed E-state index contributed by atoms with van der Waals surface area (Å²) in [6.07, 6.45) is 3.18. The molecule has 0 heterocycles. The van der Waals surface area contributed by atoms with Crippen molar-refractivity contribution in [1.82, 2.24) is 0 Å². The Morgan fingerprint density at radius 3 is 2.73 bits per heavy atom. The number of hydrogen-bond donors (Lipinski definition) is 0. The van der Waals surface area contributed by atoms with Gasteiger partial charge in [-0.2, -0.15) is 0 Å². The molecular formula is C12H13BrClF. The van der Waals surface area contributed by atoms with E-state index in [1.807, 2.05) is 13.0 Å². The van der Waals surface area contributed by atoms with E-state index in [0.29, 0.717) is 4.47 Å². The lowest BCUT2D eigenvalue weighted by atomic mass is 9.93. The third-order valence-electron chi connectivity index (χ3n) is 3.31. The fraction of sp³-hybridized carbons (Fsp3) is 0.500. The van der Waals surface area contributed by atoms with Crippen LogP contribution in [0.3, 0.4) is 0 Å². The Hall–Kier alpha value is -0.0800. The van der Waals surface area contributed by atoms with Crippen LogP contribution in [-0.4, -0.2) is 5.38 Å². The lowest BCUT2D eigenvalue weighted by Gasteiger charge is -2.18. The molecule has 1 aliphatic carbocycles. The maximum Gasteiger partial charge on any atom is 0.137 e. The molecule has 1 fully saturated rings. The largest absolute Gasteiger partial charge is 0.206 e. The molecule has 0 N–H and O–H groups in total. The zero-order valence-electron chi connectivity index (χ0n) is 8.56. The predicted molar refractivity (Wildman–Crippen MR) is 64.8 cm³/mol. The molecule has 1 aliphatic rings. The van der Waals surface area contributed by atoms with Crippen molar-refractivity contribution < 1.29 is 4.39 Å². The molecule has 3 heteroatoms. The van der Waals surface area contributed by atoms with E-state index >= 15 is 0 Å². The maximum absolute atomic E-state index is 13.3. The van der Waals surface area contributed by atoms with Crippen LogP contribution in [0.25, 0.3) is 0 Å². The average molecular weight is 292 g/mol. The molecule has 0 saturated heterocycles. The summed E-state index contributed by atoms with van der Waals surface area (Å²) < 4.78 is 13.9. The van der Waals surface area contributed by atoms with E-state index in [-0.39, 0.29) is 16.6 Å². The summed E-state index contributed by atoms with van der Waals surface area (Å²) in [5.41, 5.74) is 1.23. The van der Waals surface area contributed by atoms with Gasteiger partial charge in [0.05, 0.1) is 4.47 Å². The lowest BCUT2D eigenvalue weighted by Crippen LogP contribution is -2.16. The first kappa shape index (κ1) is 11.4. The highest BCUT2D eigenvalue weighted by molar-refractivity contribution is 9.10. The van der Waals surface area contributed by atoms with Crippen molar-refractivity contribution >= 4 is 27.5 Å². The van der Waals surface area contributed by atoms with Gasteiger partial charge in [0.2, 0.25) is 0 Å². The molecule has 82 valence electrons. The van der Waals surface area contributed by atoms with Crippen molar-refractivity contribution in [2.24, 2.45) is 5.41 Å². The molecule has 2 rings (SSSR count). The van der Waals surface area contributed by atoms with Crippen LogP contribution in [0.5, 0.6) is 0 Å². The lowest BCUT2D eigenvalue weighted by molar-refractivity contribution is 0.493. The molecule has 0 bridgehead atoms. The molecule has 0 radical (unpaired) electrons. The first-order chi connectivity index (χ1) is 7.05. The number of rotatable bonds is 3. The van der Waals surface area contributed by atoms with Crippen LogP contribution in [0.2, 0.25) is 0 Å². The predicted octanol–water partition coefficient (Wildman–Crippen LogP) is 4.54. The molecule has 1 unspecified atom stereocenters. The van der Waals surface area contributed by atoms with Gasteiger partial charge in [0.25, 0.3) is 0 Å². The summed E-state index contributed by atoms with van der Waals surface area (Å²) in [5, 5.41) is 0.160. The van der Waals surface area contributed by atoms with Gasteiger partial charge < -0.3 is 0 Å². The molecule has 0 aromatic heterocycles. The smallest absolute Gasteiger partial charge is 0.137 e. The Bertz CT molecular complexity index is 372. The van der Waals surface area contributed by atoms with Crippen LogP contribution in [0.4, 0.5) is 4.39 Å². The zero-order chi connectivity index (χ0) is 11.1. The molecular weight excluding hydrogens is 278 g/mol. The molecule has 1 saturated carbocycles. The van der Waals surface area contributed by atoms with Gasteiger partial charge in [-0.25, -0.2) is 4.39 Å². The van der Waals surface area contributed by atoms with E-state index in [1.165, 1.54) is 6.07 Å². The van der Waals surface area contributed by atoms with Crippen molar-refractivity contribution in [2.75, 3.05) is 0 Å². The van der Waals surface area contributed by atoms with Gasteiger partial charge in [-0.3, -0.25) is 0 Å². The first-order valence-electron chi connectivity index (χ1n) is 5.12. The van der Waals surface area contributed by atoms with E-state index in [4.69, 9.17) is 11.6 Å². The molecule has 0 spiro atoms. The Labute approximate surface area is 103 Å². The standard InChI is InChI=1S/C12H13BrClF/c1-8(14)12(5-6-12)7-9-3-2-4-10(15)11(9)13/h2-4,8H,5-7H2,1H3. The number of hydrogen-bond acceptors (Lipinski definition) is 0. The van der Waals surface area contributed by atoms with E-state index < -0.39 is 0 Å². The third kappa shape index (κ3) is 2.21. The van der Waals surface area contributed by atoms with Crippen LogP contribution in [0.15, 0.2) is 22.7 Å². The van der Waals surface area contributed by atoms with Crippen LogP contribution in [0.1, 0.15) is 25.3 Å². The molecule has 0 amide bonds. The summed E-state index contributed by atoms with van der Waals surface area (Å²) in [6, 6.07) is 5.19. The van der Waals surface area contributed by atoms with Crippen molar-refractivity contribution in [3.05, 3.63) is 34.1 Å². The minimum atomic E-state index is -0.189. The molecule has 1 atom stereocenters. The Morgan fingerprint density at radius 1 is 1.53 bits per heavy atom. The van der Waals surface area contributed by atoms with Crippen molar-refractivity contribution in [3.63, 3.8) is 0 Å². The molecule has 1 aromatic rings. The highest BCUT2D eigenvalue weighted by atomic mass is 79.9. The Morgan fingerprint density at radius 2 is 2.20 bits per heavy atom. The quantitative estimate of drug-likeness (QED) is 0.717. The van der Waals surface area contributed by atoms with Gasteiger partial charge in [0.1, 0.15) is 5.82 Å². The summed E-state index contributed by atoms with van der Waals surface area (Å²) in [5.74, 6) is -0.189. The van der Waals surface area contributed by atoms with Gasteiger partial charge >= 0.3 is 0 Å². The number of benzene rings is 1. The highest BCUT2D eigenvalue weighted by Crippen LogP contribution is 2.53. The highest BCUT2D eigenvalue weighted by Gasteiger charge is 2.46. The van der Waals surface area contributed by atoms with Crippen molar-refractivity contribution in [2.45, 2.75) is 31.6 Å². The van der Waals surface area contributed by atoms with E-state index in [9.17, 15) is 4.39 Å². The van der Waals surface area contributed by atoms with E-state index in [2.05, 4.69) is 15.9 Å². The molecule has 1 aromatic carbocycles.